The molecule has 21 heavy (non-hydrogen) atoms. The van der Waals surface area contributed by atoms with E-state index in [-0.39, 0.29) is 17.2 Å². The van der Waals surface area contributed by atoms with Gasteiger partial charge in [0.25, 0.3) is 0 Å². The molecule has 2 aromatic carbocycles. The van der Waals surface area contributed by atoms with Gasteiger partial charge < -0.3 is 20.3 Å². The van der Waals surface area contributed by atoms with Crippen LogP contribution in [0.2, 0.25) is 0 Å². The zero-order chi connectivity index (χ0) is 15.5. The molecule has 0 spiro atoms. The van der Waals surface area contributed by atoms with E-state index in [1.54, 1.807) is 6.07 Å². The van der Waals surface area contributed by atoms with Crippen LogP contribution < -0.4 is 10.1 Å². The lowest BCUT2D eigenvalue weighted by Crippen LogP contribution is -2.17. The van der Waals surface area contributed by atoms with Crippen LogP contribution in [-0.4, -0.2) is 16.6 Å². The fraction of sp³-hybridized carbons (Fsp3) is 0.143. The van der Waals surface area contributed by atoms with Gasteiger partial charge in [0, 0.05) is 12.2 Å². The molecule has 7 heteroatoms. The third kappa shape index (κ3) is 4.48. The van der Waals surface area contributed by atoms with E-state index in [4.69, 9.17) is 0 Å². The molecule has 2 rings (SSSR count). The Bertz CT molecular complexity index is 612. The molecular weight excluding hydrogens is 287 g/mol. The molecule has 0 saturated heterocycles. The number of phenolic OH excluding ortho intramolecular Hbond substituents is 2. The third-order valence-corrected chi connectivity index (χ3v) is 2.62. The minimum atomic E-state index is -4.71. The molecule has 3 N–H and O–H groups in total. The minimum Gasteiger partial charge on any atom is -0.504 e. The Hall–Kier alpha value is -2.57. The van der Waals surface area contributed by atoms with Gasteiger partial charge in [0.1, 0.15) is 5.75 Å². The average Bonchev–Trinajstić information content (AvgIpc) is 2.40. The summed E-state index contributed by atoms with van der Waals surface area (Å²) in [5.74, 6) is -0.744. The second-order valence-corrected chi connectivity index (χ2v) is 4.25. The number of ether oxygens (including phenoxy) is 1. The van der Waals surface area contributed by atoms with Crippen molar-refractivity contribution in [1.82, 2.24) is 0 Å². The van der Waals surface area contributed by atoms with Gasteiger partial charge in [-0.3, -0.25) is 0 Å². The van der Waals surface area contributed by atoms with Gasteiger partial charge in [0.2, 0.25) is 0 Å². The lowest BCUT2D eigenvalue weighted by atomic mass is 10.2. The summed E-state index contributed by atoms with van der Waals surface area (Å²) in [5.41, 5.74) is 1.30. The number of anilines is 1. The highest BCUT2D eigenvalue weighted by atomic mass is 19.4. The molecular formula is C14H12F3NO3. The number of nitrogens with one attached hydrogen (secondary N) is 1. The molecule has 0 unspecified atom stereocenters. The van der Waals surface area contributed by atoms with Gasteiger partial charge >= 0.3 is 6.36 Å². The predicted molar refractivity (Wildman–Crippen MR) is 70.2 cm³/mol. The van der Waals surface area contributed by atoms with E-state index in [2.05, 4.69) is 10.1 Å². The lowest BCUT2D eigenvalue weighted by Gasteiger charge is -2.10. The number of hydrogen-bond donors (Lipinski definition) is 3. The summed E-state index contributed by atoms with van der Waals surface area (Å²) in [7, 11) is 0. The maximum Gasteiger partial charge on any atom is 0.573 e. The van der Waals surface area contributed by atoms with Gasteiger partial charge in [-0.25, -0.2) is 0 Å². The number of aromatic hydroxyl groups is 2. The van der Waals surface area contributed by atoms with Crippen LogP contribution in [-0.2, 0) is 6.54 Å². The van der Waals surface area contributed by atoms with Gasteiger partial charge in [-0.2, -0.15) is 0 Å². The summed E-state index contributed by atoms with van der Waals surface area (Å²) in [6.45, 7) is 0.341. The third-order valence-electron chi connectivity index (χ3n) is 2.62. The first-order chi connectivity index (χ1) is 9.83. The molecule has 4 nitrogen and oxygen atoms in total. The molecule has 0 aliphatic heterocycles. The highest BCUT2D eigenvalue weighted by molar-refractivity contribution is 5.48. The van der Waals surface area contributed by atoms with Crippen LogP contribution in [0, 0.1) is 0 Å². The molecule has 0 heterocycles. The lowest BCUT2D eigenvalue weighted by molar-refractivity contribution is -0.274. The van der Waals surface area contributed by atoms with Crippen LogP contribution in [0.3, 0.4) is 0 Å². The Labute approximate surface area is 118 Å². The minimum absolute atomic E-state index is 0.215. The van der Waals surface area contributed by atoms with E-state index in [0.717, 1.165) is 0 Å². The summed E-state index contributed by atoms with van der Waals surface area (Å²) in [6.07, 6.45) is -4.71. The summed E-state index contributed by atoms with van der Waals surface area (Å²) >= 11 is 0. The quantitative estimate of drug-likeness (QED) is 0.755. The topological polar surface area (TPSA) is 61.7 Å². The Balaban J connectivity index is 1.96. The smallest absolute Gasteiger partial charge is 0.504 e. The fourth-order valence-electron chi connectivity index (χ4n) is 1.66. The normalized spacial score (nSPS) is 11.2. The maximum atomic E-state index is 12.0. The highest BCUT2D eigenvalue weighted by Gasteiger charge is 2.30. The second kappa shape index (κ2) is 5.82. The van der Waals surface area contributed by atoms with Gasteiger partial charge in [-0.1, -0.05) is 6.07 Å². The second-order valence-electron chi connectivity index (χ2n) is 4.25. The average molecular weight is 299 g/mol. The molecule has 0 fully saturated rings. The number of alkyl halides is 3. The van der Waals surface area contributed by atoms with Gasteiger partial charge in [-0.05, 0) is 42.0 Å². The number of halogens is 3. The Morgan fingerprint density at radius 2 is 1.62 bits per heavy atom. The summed E-state index contributed by atoms with van der Waals surface area (Å²) in [5, 5.41) is 21.5. The van der Waals surface area contributed by atoms with E-state index in [1.807, 2.05) is 0 Å². The molecule has 0 aliphatic rings. The van der Waals surface area contributed by atoms with Gasteiger partial charge in [0.05, 0.1) is 0 Å². The van der Waals surface area contributed by atoms with Crippen LogP contribution in [0.1, 0.15) is 5.56 Å². The zero-order valence-corrected chi connectivity index (χ0v) is 10.7. The van der Waals surface area contributed by atoms with Crippen molar-refractivity contribution in [3.8, 4) is 17.2 Å². The van der Waals surface area contributed by atoms with Gasteiger partial charge in [-0.15, -0.1) is 13.2 Å². The molecule has 0 aliphatic carbocycles. The van der Waals surface area contributed by atoms with Gasteiger partial charge in [0.15, 0.2) is 11.5 Å². The van der Waals surface area contributed by atoms with Crippen molar-refractivity contribution >= 4 is 5.69 Å². The first-order valence-corrected chi connectivity index (χ1v) is 5.94. The first kappa shape index (κ1) is 14.8. The largest absolute Gasteiger partial charge is 0.573 e. The van der Waals surface area contributed by atoms with Crippen LogP contribution in [0.5, 0.6) is 17.2 Å². The fourth-order valence-corrected chi connectivity index (χ4v) is 1.66. The number of rotatable bonds is 4. The van der Waals surface area contributed by atoms with Crippen LogP contribution >= 0.6 is 0 Å². The van der Waals surface area contributed by atoms with E-state index in [0.29, 0.717) is 17.8 Å². The predicted octanol–water partition coefficient (Wildman–Crippen LogP) is 3.61. The summed E-state index contributed by atoms with van der Waals surface area (Å²) in [6, 6.07) is 9.65. The molecule has 0 saturated carbocycles. The monoisotopic (exact) mass is 299 g/mol. The molecule has 0 bridgehead atoms. The Morgan fingerprint density at radius 3 is 2.19 bits per heavy atom. The van der Waals surface area contributed by atoms with Crippen molar-refractivity contribution < 1.29 is 28.1 Å². The van der Waals surface area contributed by atoms with Crippen molar-refractivity contribution in [2.24, 2.45) is 0 Å². The van der Waals surface area contributed by atoms with Crippen molar-refractivity contribution in [2.75, 3.05) is 5.32 Å². The highest BCUT2D eigenvalue weighted by Crippen LogP contribution is 2.26. The van der Waals surface area contributed by atoms with E-state index < -0.39 is 6.36 Å². The van der Waals surface area contributed by atoms with Crippen molar-refractivity contribution in [3.05, 3.63) is 48.0 Å². The Kier molecular flexibility index (Phi) is 4.11. The molecule has 0 amide bonds. The van der Waals surface area contributed by atoms with Crippen molar-refractivity contribution in [2.45, 2.75) is 12.9 Å². The Morgan fingerprint density at radius 1 is 0.952 bits per heavy atom. The first-order valence-electron chi connectivity index (χ1n) is 5.94. The van der Waals surface area contributed by atoms with E-state index >= 15 is 0 Å². The standard InChI is InChI=1S/C14H12F3NO3/c15-14(16,17)21-11-4-2-10(3-5-11)18-8-9-1-6-12(19)13(20)7-9/h1-7,18-20H,8H2. The van der Waals surface area contributed by atoms with Crippen molar-refractivity contribution in [1.29, 1.82) is 0 Å². The van der Waals surface area contributed by atoms with E-state index in [1.165, 1.54) is 36.4 Å². The summed E-state index contributed by atoms with van der Waals surface area (Å²) in [4.78, 5) is 0. The van der Waals surface area contributed by atoms with Crippen LogP contribution in [0.15, 0.2) is 42.5 Å². The molecule has 112 valence electrons. The van der Waals surface area contributed by atoms with Crippen LogP contribution in [0.4, 0.5) is 18.9 Å². The molecule has 2 aromatic rings. The van der Waals surface area contributed by atoms with Crippen LogP contribution in [0.25, 0.3) is 0 Å². The molecule has 0 atom stereocenters. The molecule has 0 radical (unpaired) electrons. The molecule has 0 aromatic heterocycles. The number of hydrogen-bond acceptors (Lipinski definition) is 4. The summed E-state index contributed by atoms with van der Waals surface area (Å²) < 4.78 is 39.8. The maximum absolute atomic E-state index is 12.0. The van der Waals surface area contributed by atoms with E-state index in [9.17, 15) is 23.4 Å². The zero-order valence-electron chi connectivity index (χ0n) is 10.7. The number of phenols is 2. The number of benzene rings is 2. The SMILES string of the molecule is Oc1ccc(CNc2ccc(OC(F)(F)F)cc2)cc1O. The van der Waals surface area contributed by atoms with Crippen molar-refractivity contribution in [3.63, 3.8) is 0 Å².